The van der Waals surface area contributed by atoms with Gasteiger partial charge in [0.15, 0.2) is 0 Å². The summed E-state index contributed by atoms with van der Waals surface area (Å²) in [5.74, 6) is 1.50. The Balaban J connectivity index is 1.88. The molecule has 1 saturated heterocycles. The Kier molecular flexibility index (Phi) is 5.35. The van der Waals surface area contributed by atoms with E-state index in [0.29, 0.717) is 11.2 Å². The lowest BCUT2D eigenvalue weighted by Gasteiger charge is -2.22. The van der Waals surface area contributed by atoms with Crippen LogP contribution in [-0.2, 0) is 0 Å². The van der Waals surface area contributed by atoms with Gasteiger partial charge in [0.1, 0.15) is 10.6 Å². The summed E-state index contributed by atoms with van der Waals surface area (Å²) in [7, 11) is 0. The number of thiophene rings is 1. The maximum atomic E-state index is 6.29. The Bertz CT molecular complexity index is 941. The molecule has 0 amide bonds. The third-order valence-electron chi connectivity index (χ3n) is 5.19. The van der Waals surface area contributed by atoms with E-state index in [9.17, 15) is 0 Å². The fourth-order valence-electron chi connectivity index (χ4n) is 3.74. The van der Waals surface area contributed by atoms with Crippen LogP contribution in [0, 0.1) is 6.92 Å². The van der Waals surface area contributed by atoms with Gasteiger partial charge in [0, 0.05) is 30.1 Å². The fourth-order valence-corrected chi connectivity index (χ4v) is 4.99. The second kappa shape index (κ2) is 7.74. The zero-order chi connectivity index (χ0) is 19.0. The smallest absolute Gasteiger partial charge is 0.225 e. The highest BCUT2D eigenvalue weighted by molar-refractivity contribution is 7.19. The number of hydrogen-bond donors (Lipinski definition) is 1. The van der Waals surface area contributed by atoms with Gasteiger partial charge in [-0.3, -0.25) is 0 Å². The molecule has 6 heteroatoms. The highest BCUT2D eigenvalue weighted by Crippen LogP contribution is 2.42. The molecule has 0 spiro atoms. The second-order valence-corrected chi connectivity index (χ2v) is 8.94. The molecule has 142 valence electrons. The quantitative estimate of drug-likeness (QED) is 0.610. The summed E-state index contributed by atoms with van der Waals surface area (Å²) >= 11 is 7.99. The summed E-state index contributed by atoms with van der Waals surface area (Å²) in [6.45, 7) is 10.5. The van der Waals surface area contributed by atoms with Crippen LogP contribution in [0.2, 0.25) is 5.28 Å². The van der Waals surface area contributed by atoms with Gasteiger partial charge in [-0.1, -0.05) is 38.1 Å². The first-order valence-corrected chi connectivity index (χ1v) is 10.8. The van der Waals surface area contributed by atoms with Crippen molar-refractivity contribution in [3.05, 3.63) is 40.0 Å². The normalized spacial score (nSPS) is 15.5. The predicted octanol–water partition coefficient (Wildman–Crippen LogP) is 5.24. The standard InChI is InChI=1S/C21H25ClN4S/c1-13(2)15-5-7-16(8-6-15)17-14(3)27-20-18(17)19(24-21(22)25-20)26-11-4-9-23-10-12-26/h5-8,13,23H,4,9-12H2,1-3H3. The number of nitrogens with zero attached hydrogens (tertiary/aromatic N) is 3. The molecule has 1 aliphatic rings. The van der Waals surface area contributed by atoms with E-state index in [4.69, 9.17) is 11.6 Å². The van der Waals surface area contributed by atoms with E-state index < -0.39 is 0 Å². The molecule has 0 bridgehead atoms. The summed E-state index contributed by atoms with van der Waals surface area (Å²) in [6.07, 6.45) is 1.10. The molecule has 4 rings (SSSR count). The van der Waals surface area contributed by atoms with E-state index in [0.717, 1.165) is 48.6 Å². The van der Waals surface area contributed by atoms with Crippen molar-refractivity contribution in [3.8, 4) is 11.1 Å². The van der Waals surface area contributed by atoms with E-state index in [1.54, 1.807) is 11.3 Å². The molecule has 4 nitrogen and oxygen atoms in total. The van der Waals surface area contributed by atoms with Gasteiger partial charge in [-0.05, 0) is 48.5 Å². The molecule has 0 atom stereocenters. The molecule has 3 heterocycles. The van der Waals surface area contributed by atoms with Crippen molar-refractivity contribution in [1.82, 2.24) is 15.3 Å². The van der Waals surface area contributed by atoms with Crippen LogP contribution in [0.25, 0.3) is 21.3 Å². The Morgan fingerprint density at radius 1 is 1.11 bits per heavy atom. The van der Waals surface area contributed by atoms with E-state index in [2.05, 4.69) is 65.2 Å². The molecule has 0 aliphatic carbocycles. The van der Waals surface area contributed by atoms with Crippen molar-refractivity contribution < 1.29 is 0 Å². The monoisotopic (exact) mass is 400 g/mol. The van der Waals surface area contributed by atoms with Crippen LogP contribution >= 0.6 is 22.9 Å². The highest BCUT2D eigenvalue weighted by Gasteiger charge is 2.22. The minimum absolute atomic E-state index is 0.331. The van der Waals surface area contributed by atoms with Crippen molar-refractivity contribution in [2.75, 3.05) is 31.1 Å². The summed E-state index contributed by atoms with van der Waals surface area (Å²) in [5.41, 5.74) is 3.83. The Labute approximate surface area is 169 Å². The number of aryl methyl sites for hydroxylation is 1. The molecular formula is C21H25ClN4S. The van der Waals surface area contributed by atoms with Crippen molar-refractivity contribution in [1.29, 1.82) is 0 Å². The largest absolute Gasteiger partial charge is 0.355 e. The fraction of sp³-hybridized carbons (Fsp3) is 0.429. The minimum Gasteiger partial charge on any atom is -0.355 e. The highest BCUT2D eigenvalue weighted by atomic mass is 35.5. The lowest BCUT2D eigenvalue weighted by Crippen LogP contribution is -2.28. The molecule has 0 radical (unpaired) electrons. The number of benzene rings is 1. The van der Waals surface area contributed by atoms with Crippen LogP contribution < -0.4 is 10.2 Å². The van der Waals surface area contributed by atoms with Crippen molar-refractivity contribution in [2.24, 2.45) is 0 Å². The minimum atomic E-state index is 0.331. The average Bonchev–Trinajstić information content (AvgIpc) is 2.82. The molecule has 1 N–H and O–H groups in total. The molecule has 1 fully saturated rings. The SMILES string of the molecule is Cc1sc2nc(Cl)nc(N3CCCNCC3)c2c1-c1ccc(C(C)C)cc1. The van der Waals surface area contributed by atoms with Crippen LogP contribution in [0.3, 0.4) is 0 Å². The maximum absolute atomic E-state index is 6.29. The van der Waals surface area contributed by atoms with Gasteiger partial charge in [-0.15, -0.1) is 11.3 Å². The topological polar surface area (TPSA) is 41.1 Å². The van der Waals surface area contributed by atoms with Crippen molar-refractivity contribution in [2.45, 2.75) is 33.1 Å². The Morgan fingerprint density at radius 2 is 1.89 bits per heavy atom. The number of halogens is 1. The summed E-state index contributed by atoms with van der Waals surface area (Å²) in [4.78, 5) is 13.8. The van der Waals surface area contributed by atoms with Gasteiger partial charge >= 0.3 is 0 Å². The molecule has 27 heavy (non-hydrogen) atoms. The summed E-state index contributed by atoms with van der Waals surface area (Å²) in [5, 5.41) is 4.93. The van der Waals surface area contributed by atoms with Crippen molar-refractivity contribution in [3.63, 3.8) is 0 Å². The van der Waals surface area contributed by atoms with Gasteiger partial charge < -0.3 is 10.2 Å². The van der Waals surface area contributed by atoms with Gasteiger partial charge in [-0.25, -0.2) is 4.98 Å². The van der Waals surface area contributed by atoms with E-state index in [1.807, 2.05) is 0 Å². The Morgan fingerprint density at radius 3 is 2.63 bits per heavy atom. The van der Waals surface area contributed by atoms with E-state index in [-0.39, 0.29) is 0 Å². The van der Waals surface area contributed by atoms with Crippen LogP contribution in [0.5, 0.6) is 0 Å². The van der Waals surface area contributed by atoms with Gasteiger partial charge in [-0.2, -0.15) is 4.98 Å². The van der Waals surface area contributed by atoms with Gasteiger partial charge in [0.2, 0.25) is 5.28 Å². The molecule has 2 aromatic heterocycles. The van der Waals surface area contributed by atoms with Gasteiger partial charge in [0.05, 0.1) is 5.39 Å². The van der Waals surface area contributed by atoms with Gasteiger partial charge in [0.25, 0.3) is 0 Å². The molecule has 1 aliphatic heterocycles. The number of rotatable bonds is 3. The van der Waals surface area contributed by atoms with Crippen LogP contribution in [0.15, 0.2) is 24.3 Å². The zero-order valence-electron chi connectivity index (χ0n) is 16.1. The number of fused-ring (bicyclic) bond motifs is 1. The summed E-state index contributed by atoms with van der Waals surface area (Å²) < 4.78 is 0. The predicted molar refractivity (Wildman–Crippen MR) is 116 cm³/mol. The molecule has 0 saturated carbocycles. The molecule has 3 aromatic rings. The lowest BCUT2D eigenvalue weighted by atomic mass is 9.97. The lowest BCUT2D eigenvalue weighted by molar-refractivity contribution is 0.724. The van der Waals surface area contributed by atoms with Crippen LogP contribution in [-0.4, -0.2) is 36.1 Å². The molecule has 0 unspecified atom stereocenters. The summed E-state index contributed by atoms with van der Waals surface area (Å²) in [6, 6.07) is 8.92. The van der Waals surface area contributed by atoms with E-state index in [1.165, 1.54) is 21.6 Å². The first-order valence-electron chi connectivity index (χ1n) is 9.57. The maximum Gasteiger partial charge on any atom is 0.225 e. The number of hydrogen-bond acceptors (Lipinski definition) is 5. The van der Waals surface area contributed by atoms with E-state index >= 15 is 0 Å². The molecular weight excluding hydrogens is 376 g/mol. The van der Waals surface area contributed by atoms with Crippen molar-refractivity contribution >= 4 is 39.0 Å². The molecule has 1 aromatic carbocycles. The third-order valence-corrected chi connectivity index (χ3v) is 6.36. The van der Waals surface area contributed by atoms with Crippen LogP contribution in [0.4, 0.5) is 5.82 Å². The first-order chi connectivity index (χ1) is 13.0. The van der Waals surface area contributed by atoms with Crippen LogP contribution in [0.1, 0.15) is 36.6 Å². The first kappa shape index (κ1) is 18.7. The average molecular weight is 401 g/mol. The third kappa shape index (κ3) is 3.68. The number of nitrogens with one attached hydrogen (secondary N) is 1. The zero-order valence-corrected chi connectivity index (χ0v) is 17.6. The number of anilines is 1. The second-order valence-electron chi connectivity index (χ2n) is 7.40. The number of aromatic nitrogens is 2. The Hall–Kier alpha value is -1.69.